The molecule has 69 heavy (non-hydrogen) atoms. The standard InChI is InChI=1S/C60H101NO8/c1-6-8-10-12-14-16-18-20-22-23-24-25-26-27-28-29-30-31-32-33-34-35-37-39-41-43-45-47-49-51-58(63)69-56(55-68-60(59(64)65)66-53-52-61(3,4)5)54-67-57(62)50-48-46-44-42-40-38-36-21-19-17-15-13-11-9-7-2/h8-11,14-17,20-22,24-25,27-28,36,56,60H,6-7,12-13,18-19,23,26,29-35,37-55H2,1-5H3/b10-8-,11-9-,16-14-,17-15-,22-20-,25-24-,28-27-,36-21-. The molecular formula is C60H101NO8. The zero-order valence-electron chi connectivity index (χ0n) is 44.6. The molecule has 0 spiro atoms. The maximum absolute atomic E-state index is 12.8. The number of unbranched alkanes of at least 4 members (excludes halogenated alkanes) is 18. The summed E-state index contributed by atoms with van der Waals surface area (Å²) in [6.07, 6.45) is 64.5. The van der Waals surface area contributed by atoms with Crippen molar-refractivity contribution in [1.82, 2.24) is 0 Å². The first-order valence-corrected chi connectivity index (χ1v) is 27.4. The number of hydrogen-bond acceptors (Lipinski definition) is 8. The van der Waals surface area contributed by atoms with Crippen LogP contribution in [0.25, 0.3) is 0 Å². The van der Waals surface area contributed by atoms with Gasteiger partial charge in [-0.3, -0.25) is 9.59 Å². The molecule has 0 bridgehead atoms. The summed E-state index contributed by atoms with van der Waals surface area (Å²) in [5, 5.41) is 11.7. The van der Waals surface area contributed by atoms with E-state index >= 15 is 0 Å². The van der Waals surface area contributed by atoms with Gasteiger partial charge in [0.25, 0.3) is 0 Å². The van der Waals surface area contributed by atoms with E-state index in [1.807, 2.05) is 21.1 Å². The van der Waals surface area contributed by atoms with E-state index in [2.05, 4.69) is 111 Å². The minimum Gasteiger partial charge on any atom is -0.545 e. The Morgan fingerprint density at radius 3 is 1.16 bits per heavy atom. The molecule has 9 heteroatoms. The van der Waals surface area contributed by atoms with Gasteiger partial charge in [0.1, 0.15) is 13.2 Å². The van der Waals surface area contributed by atoms with Crippen LogP contribution in [0.3, 0.4) is 0 Å². The Bertz CT molecular complexity index is 1450. The Morgan fingerprint density at radius 1 is 0.435 bits per heavy atom. The highest BCUT2D eigenvalue weighted by molar-refractivity contribution is 5.70. The molecule has 0 rings (SSSR count). The maximum Gasteiger partial charge on any atom is 0.306 e. The van der Waals surface area contributed by atoms with Crippen molar-refractivity contribution in [1.29, 1.82) is 0 Å². The quantitative estimate of drug-likeness (QED) is 0.0195. The van der Waals surface area contributed by atoms with E-state index in [0.29, 0.717) is 23.9 Å². The number of carbonyl (C=O) groups excluding carboxylic acids is 3. The molecule has 0 radical (unpaired) electrons. The van der Waals surface area contributed by atoms with Gasteiger partial charge in [-0.15, -0.1) is 0 Å². The summed E-state index contributed by atoms with van der Waals surface area (Å²) >= 11 is 0. The highest BCUT2D eigenvalue weighted by atomic mass is 16.7. The number of carbonyl (C=O) groups is 3. The third kappa shape index (κ3) is 51.9. The molecule has 0 aromatic carbocycles. The fraction of sp³-hybridized carbons (Fsp3) is 0.683. The number of ether oxygens (including phenoxy) is 4. The fourth-order valence-electron chi connectivity index (χ4n) is 7.16. The first-order chi connectivity index (χ1) is 33.6. The zero-order valence-corrected chi connectivity index (χ0v) is 44.6. The van der Waals surface area contributed by atoms with E-state index < -0.39 is 24.3 Å². The average molecular weight is 964 g/mol. The van der Waals surface area contributed by atoms with Crippen molar-refractivity contribution >= 4 is 17.9 Å². The van der Waals surface area contributed by atoms with Crippen molar-refractivity contribution in [2.75, 3.05) is 47.5 Å². The molecule has 0 saturated heterocycles. The second kappa shape index (κ2) is 50.6. The molecule has 0 heterocycles. The SMILES string of the molecule is CC/C=C\C/C=C\C/C=C\C/C=C\C/C=C\CCCCCCCCCCCCCCCC(=O)OC(COC(=O)CCCCCCC/C=C\C/C=C\C/C=C\CC)COC(OCC[N+](C)(C)C)C(=O)[O-]. The van der Waals surface area contributed by atoms with Gasteiger partial charge in [0.15, 0.2) is 12.4 Å². The number of rotatable bonds is 49. The Hall–Kier alpha value is -3.79. The number of esters is 2. The van der Waals surface area contributed by atoms with Crippen LogP contribution in [-0.2, 0) is 33.3 Å². The Balaban J connectivity index is 4.24. The molecular weight excluding hydrogens is 863 g/mol. The number of aliphatic carboxylic acids is 1. The summed E-state index contributed by atoms with van der Waals surface area (Å²) in [4.78, 5) is 37.2. The first-order valence-electron chi connectivity index (χ1n) is 27.4. The van der Waals surface area contributed by atoms with Gasteiger partial charge in [0.2, 0.25) is 0 Å². The fourth-order valence-corrected chi connectivity index (χ4v) is 7.16. The van der Waals surface area contributed by atoms with Crippen molar-refractivity contribution in [2.24, 2.45) is 0 Å². The van der Waals surface area contributed by atoms with Gasteiger partial charge in [-0.25, -0.2) is 0 Å². The van der Waals surface area contributed by atoms with Crippen LogP contribution in [0.15, 0.2) is 97.2 Å². The van der Waals surface area contributed by atoms with Crippen LogP contribution in [0.4, 0.5) is 0 Å². The van der Waals surface area contributed by atoms with Gasteiger partial charge >= 0.3 is 11.9 Å². The molecule has 0 aliphatic carbocycles. The minimum atomic E-state index is -1.63. The molecule has 0 aliphatic rings. The van der Waals surface area contributed by atoms with Gasteiger partial charge in [0.05, 0.1) is 40.3 Å². The normalized spacial score (nSPS) is 13.6. The predicted octanol–water partition coefficient (Wildman–Crippen LogP) is 14.4. The summed E-state index contributed by atoms with van der Waals surface area (Å²) in [6, 6.07) is 0. The predicted molar refractivity (Wildman–Crippen MR) is 287 cm³/mol. The van der Waals surface area contributed by atoms with Crippen LogP contribution < -0.4 is 5.11 Å². The lowest BCUT2D eigenvalue weighted by atomic mass is 10.0. The summed E-state index contributed by atoms with van der Waals surface area (Å²) in [7, 11) is 5.90. The number of likely N-dealkylation sites (N-methyl/N-ethyl adjacent to an activating group) is 1. The molecule has 394 valence electrons. The van der Waals surface area contributed by atoms with Crippen molar-refractivity contribution in [3.05, 3.63) is 97.2 Å². The van der Waals surface area contributed by atoms with Gasteiger partial charge in [-0.1, -0.05) is 201 Å². The number of carboxylic acid groups (broad SMARTS) is 1. The van der Waals surface area contributed by atoms with E-state index in [0.717, 1.165) is 103 Å². The molecule has 0 fully saturated rings. The molecule has 0 aromatic rings. The highest BCUT2D eigenvalue weighted by Crippen LogP contribution is 2.15. The average Bonchev–Trinajstić information content (AvgIpc) is 3.31. The van der Waals surface area contributed by atoms with Gasteiger partial charge in [-0.2, -0.15) is 0 Å². The third-order valence-corrected chi connectivity index (χ3v) is 11.3. The topological polar surface area (TPSA) is 111 Å². The Kier molecular flexibility index (Phi) is 47.8. The largest absolute Gasteiger partial charge is 0.545 e. The lowest BCUT2D eigenvalue weighted by Gasteiger charge is -2.26. The van der Waals surface area contributed by atoms with E-state index in [9.17, 15) is 19.5 Å². The van der Waals surface area contributed by atoms with Gasteiger partial charge in [0, 0.05) is 12.8 Å². The minimum absolute atomic E-state index is 0.140. The molecule has 2 unspecified atom stereocenters. The second-order valence-electron chi connectivity index (χ2n) is 19.1. The summed E-state index contributed by atoms with van der Waals surface area (Å²) in [5.41, 5.74) is 0. The summed E-state index contributed by atoms with van der Waals surface area (Å²) < 4.78 is 22.6. The zero-order chi connectivity index (χ0) is 50.6. The van der Waals surface area contributed by atoms with Crippen LogP contribution in [0, 0.1) is 0 Å². The van der Waals surface area contributed by atoms with Crippen LogP contribution >= 0.6 is 0 Å². The summed E-state index contributed by atoms with van der Waals surface area (Å²) in [6.45, 7) is 4.49. The van der Waals surface area contributed by atoms with Gasteiger partial charge < -0.3 is 33.3 Å². The van der Waals surface area contributed by atoms with Crippen LogP contribution in [-0.4, -0.2) is 82.3 Å². The van der Waals surface area contributed by atoms with Crippen LogP contribution in [0.2, 0.25) is 0 Å². The molecule has 0 aromatic heterocycles. The molecule has 0 amide bonds. The number of carboxylic acids is 1. The maximum atomic E-state index is 12.8. The Morgan fingerprint density at radius 2 is 0.783 bits per heavy atom. The van der Waals surface area contributed by atoms with Gasteiger partial charge in [-0.05, 0) is 89.9 Å². The molecule has 2 atom stereocenters. The van der Waals surface area contributed by atoms with E-state index in [1.165, 1.54) is 64.2 Å². The van der Waals surface area contributed by atoms with E-state index in [1.54, 1.807) is 0 Å². The lowest BCUT2D eigenvalue weighted by molar-refractivity contribution is -0.870. The second-order valence-corrected chi connectivity index (χ2v) is 19.1. The summed E-state index contributed by atoms with van der Waals surface area (Å²) in [5.74, 6) is -2.32. The van der Waals surface area contributed by atoms with Crippen molar-refractivity contribution in [3.63, 3.8) is 0 Å². The number of hydrogen-bond donors (Lipinski definition) is 0. The third-order valence-electron chi connectivity index (χ3n) is 11.3. The molecule has 0 N–H and O–H groups in total. The van der Waals surface area contributed by atoms with Crippen LogP contribution in [0.1, 0.15) is 206 Å². The van der Waals surface area contributed by atoms with E-state index in [-0.39, 0.29) is 38.6 Å². The monoisotopic (exact) mass is 964 g/mol. The van der Waals surface area contributed by atoms with Crippen molar-refractivity contribution in [3.8, 4) is 0 Å². The number of quaternary nitrogens is 1. The Labute approximate surface area is 422 Å². The molecule has 0 saturated carbocycles. The lowest BCUT2D eigenvalue weighted by Crippen LogP contribution is -2.44. The highest BCUT2D eigenvalue weighted by Gasteiger charge is 2.22. The molecule has 0 aliphatic heterocycles. The number of nitrogens with zero attached hydrogens (tertiary/aromatic N) is 1. The van der Waals surface area contributed by atoms with Crippen LogP contribution in [0.5, 0.6) is 0 Å². The first kappa shape index (κ1) is 65.2. The van der Waals surface area contributed by atoms with Crippen molar-refractivity contribution in [2.45, 2.75) is 219 Å². The van der Waals surface area contributed by atoms with E-state index in [4.69, 9.17) is 18.9 Å². The number of allylic oxidation sites excluding steroid dienone is 16. The smallest absolute Gasteiger partial charge is 0.306 e. The van der Waals surface area contributed by atoms with Crippen molar-refractivity contribution < 1.29 is 42.9 Å². The molecule has 9 nitrogen and oxygen atoms in total.